The molecule has 2 aromatic rings. The van der Waals surface area contributed by atoms with Crippen LogP contribution in [0.3, 0.4) is 0 Å². The van der Waals surface area contributed by atoms with Crippen molar-refractivity contribution in [1.29, 1.82) is 0 Å². The molecule has 2 aromatic carbocycles. The number of fused-ring (bicyclic) bond motifs is 1. The summed E-state index contributed by atoms with van der Waals surface area (Å²) in [5.74, 6) is -0.485. The first-order valence-corrected chi connectivity index (χ1v) is 9.29. The number of carbonyl (C=O) groups excluding carboxylic acids is 2. The molecule has 0 spiro atoms. The first kappa shape index (κ1) is 17.1. The number of halogens is 1. The highest BCUT2D eigenvalue weighted by molar-refractivity contribution is 6.30. The van der Waals surface area contributed by atoms with E-state index >= 15 is 0 Å². The van der Waals surface area contributed by atoms with E-state index in [2.05, 4.69) is 0 Å². The SMILES string of the molecule is O=C(COC(=O)C1(c2ccc(Cl)cc2)CCC1)N1CCc2ccccc21. The van der Waals surface area contributed by atoms with Crippen molar-refractivity contribution in [1.82, 2.24) is 0 Å². The molecule has 0 atom stereocenters. The second-order valence-electron chi connectivity index (χ2n) is 6.94. The van der Waals surface area contributed by atoms with Gasteiger partial charge in [0.05, 0.1) is 5.41 Å². The molecule has 1 amide bonds. The van der Waals surface area contributed by atoms with Crippen molar-refractivity contribution in [3.63, 3.8) is 0 Å². The van der Waals surface area contributed by atoms with E-state index in [1.54, 1.807) is 17.0 Å². The molecule has 0 saturated heterocycles. The van der Waals surface area contributed by atoms with Gasteiger partial charge in [0.15, 0.2) is 6.61 Å². The van der Waals surface area contributed by atoms with E-state index < -0.39 is 5.41 Å². The van der Waals surface area contributed by atoms with E-state index in [9.17, 15) is 9.59 Å². The predicted molar refractivity (Wildman–Crippen MR) is 100 cm³/mol. The zero-order chi connectivity index (χ0) is 18.1. The van der Waals surface area contributed by atoms with E-state index in [1.807, 2.05) is 36.4 Å². The summed E-state index contributed by atoms with van der Waals surface area (Å²) in [6.45, 7) is 0.417. The van der Waals surface area contributed by atoms with Crippen LogP contribution in [-0.2, 0) is 26.2 Å². The van der Waals surface area contributed by atoms with Gasteiger partial charge in [0.25, 0.3) is 5.91 Å². The van der Waals surface area contributed by atoms with Crippen LogP contribution in [0.1, 0.15) is 30.4 Å². The van der Waals surface area contributed by atoms with Gasteiger partial charge in [0, 0.05) is 17.3 Å². The van der Waals surface area contributed by atoms with Gasteiger partial charge >= 0.3 is 5.97 Å². The Hall–Kier alpha value is -2.33. The number of nitrogens with zero attached hydrogens (tertiary/aromatic N) is 1. The number of anilines is 1. The normalized spacial score (nSPS) is 17.3. The maximum absolute atomic E-state index is 12.8. The van der Waals surface area contributed by atoms with Crippen LogP contribution in [0, 0.1) is 0 Å². The average molecular weight is 370 g/mol. The number of hydrogen-bond acceptors (Lipinski definition) is 3. The zero-order valence-corrected chi connectivity index (χ0v) is 15.2. The number of ether oxygens (including phenoxy) is 1. The highest BCUT2D eigenvalue weighted by atomic mass is 35.5. The van der Waals surface area contributed by atoms with E-state index in [4.69, 9.17) is 16.3 Å². The zero-order valence-electron chi connectivity index (χ0n) is 14.4. The van der Waals surface area contributed by atoms with Gasteiger partial charge in [0.1, 0.15) is 0 Å². The maximum Gasteiger partial charge on any atom is 0.317 e. The molecular formula is C21H20ClNO3. The van der Waals surface area contributed by atoms with Crippen molar-refractivity contribution in [2.24, 2.45) is 0 Å². The van der Waals surface area contributed by atoms with E-state index in [-0.39, 0.29) is 18.5 Å². The number of rotatable bonds is 4. The Labute approximate surface area is 157 Å². The summed E-state index contributed by atoms with van der Waals surface area (Å²) in [4.78, 5) is 27.0. The summed E-state index contributed by atoms with van der Waals surface area (Å²) in [5.41, 5.74) is 2.36. The van der Waals surface area contributed by atoms with Gasteiger partial charge in [-0.2, -0.15) is 0 Å². The standard InChI is InChI=1S/C21H20ClNO3/c22-17-8-6-16(7-9-17)21(11-3-12-21)20(25)26-14-19(24)23-13-10-15-4-1-2-5-18(15)23/h1-2,4-9H,3,10-14H2. The number of carbonyl (C=O) groups is 2. The van der Waals surface area contributed by atoms with Crippen molar-refractivity contribution < 1.29 is 14.3 Å². The van der Waals surface area contributed by atoms with Gasteiger partial charge in [-0.3, -0.25) is 9.59 Å². The third kappa shape index (κ3) is 2.88. The van der Waals surface area contributed by atoms with Crippen molar-refractivity contribution >= 4 is 29.2 Å². The molecule has 0 N–H and O–H groups in total. The van der Waals surface area contributed by atoms with Gasteiger partial charge in [-0.25, -0.2) is 0 Å². The summed E-state index contributed by atoms with van der Waals surface area (Å²) in [5, 5.41) is 0.638. The van der Waals surface area contributed by atoms with Crippen LogP contribution in [0.2, 0.25) is 5.02 Å². The van der Waals surface area contributed by atoms with Crippen LogP contribution in [0.5, 0.6) is 0 Å². The predicted octanol–water partition coefficient (Wildman–Crippen LogP) is 3.89. The molecule has 0 aromatic heterocycles. The minimum Gasteiger partial charge on any atom is -0.455 e. The van der Waals surface area contributed by atoms with Gasteiger partial charge in [-0.1, -0.05) is 48.4 Å². The Morgan fingerprint density at radius 2 is 1.81 bits per heavy atom. The number of para-hydroxylation sites is 1. The third-order valence-corrected chi connectivity index (χ3v) is 5.76. The van der Waals surface area contributed by atoms with Gasteiger partial charge in [0.2, 0.25) is 0 Å². The van der Waals surface area contributed by atoms with Crippen LogP contribution < -0.4 is 4.90 Å². The van der Waals surface area contributed by atoms with Crippen LogP contribution in [-0.4, -0.2) is 25.0 Å². The highest BCUT2D eigenvalue weighted by Gasteiger charge is 2.47. The summed E-state index contributed by atoms with van der Waals surface area (Å²) in [7, 11) is 0. The van der Waals surface area contributed by atoms with Crippen molar-refractivity contribution in [3.8, 4) is 0 Å². The molecular weight excluding hydrogens is 350 g/mol. The Balaban J connectivity index is 1.43. The number of amides is 1. The fraction of sp³-hybridized carbons (Fsp3) is 0.333. The minimum atomic E-state index is -0.631. The Bertz CT molecular complexity index is 843. The summed E-state index contributed by atoms with van der Waals surface area (Å²) in [6.07, 6.45) is 3.30. The molecule has 1 aliphatic heterocycles. The number of hydrogen-bond donors (Lipinski definition) is 0. The number of benzene rings is 2. The van der Waals surface area contributed by atoms with Crippen molar-refractivity contribution in [2.75, 3.05) is 18.1 Å². The molecule has 26 heavy (non-hydrogen) atoms. The fourth-order valence-electron chi connectivity index (χ4n) is 3.85. The smallest absolute Gasteiger partial charge is 0.317 e. The second-order valence-corrected chi connectivity index (χ2v) is 7.38. The molecule has 5 heteroatoms. The van der Waals surface area contributed by atoms with Gasteiger partial charge < -0.3 is 9.64 Å². The molecule has 0 unspecified atom stereocenters. The molecule has 4 rings (SSSR count). The van der Waals surface area contributed by atoms with E-state index in [1.165, 1.54) is 0 Å². The Kier molecular flexibility index (Phi) is 4.45. The molecule has 134 valence electrons. The Morgan fingerprint density at radius 1 is 1.08 bits per heavy atom. The molecule has 1 saturated carbocycles. The third-order valence-electron chi connectivity index (χ3n) is 5.51. The maximum atomic E-state index is 12.8. The minimum absolute atomic E-state index is 0.172. The van der Waals surface area contributed by atoms with Gasteiger partial charge in [-0.15, -0.1) is 0 Å². The number of esters is 1. The lowest BCUT2D eigenvalue weighted by molar-refractivity contribution is -0.157. The van der Waals surface area contributed by atoms with Crippen molar-refractivity contribution in [2.45, 2.75) is 31.1 Å². The van der Waals surface area contributed by atoms with Gasteiger partial charge in [-0.05, 0) is 48.6 Å². The average Bonchev–Trinajstić information content (AvgIpc) is 3.04. The van der Waals surface area contributed by atoms with Crippen LogP contribution in [0.15, 0.2) is 48.5 Å². The monoisotopic (exact) mass is 369 g/mol. The molecule has 4 nitrogen and oxygen atoms in total. The lowest BCUT2D eigenvalue weighted by Gasteiger charge is -2.39. The quantitative estimate of drug-likeness (QED) is 0.768. The first-order chi connectivity index (χ1) is 12.6. The van der Waals surface area contributed by atoms with E-state index in [0.717, 1.165) is 42.5 Å². The lowest BCUT2D eigenvalue weighted by atomic mass is 9.64. The molecule has 2 aliphatic rings. The molecule has 0 bridgehead atoms. The Morgan fingerprint density at radius 3 is 2.50 bits per heavy atom. The molecule has 1 fully saturated rings. The lowest BCUT2D eigenvalue weighted by Crippen LogP contribution is -2.45. The molecule has 0 radical (unpaired) electrons. The molecule has 1 aliphatic carbocycles. The summed E-state index contributed by atoms with van der Waals surface area (Å²) >= 11 is 5.95. The second kappa shape index (κ2) is 6.76. The first-order valence-electron chi connectivity index (χ1n) is 8.92. The highest BCUT2D eigenvalue weighted by Crippen LogP contribution is 2.45. The van der Waals surface area contributed by atoms with Crippen LogP contribution in [0.25, 0.3) is 0 Å². The van der Waals surface area contributed by atoms with Crippen molar-refractivity contribution in [3.05, 3.63) is 64.7 Å². The van der Waals surface area contributed by atoms with Crippen LogP contribution >= 0.6 is 11.6 Å². The topological polar surface area (TPSA) is 46.6 Å². The summed E-state index contributed by atoms with van der Waals surface area (Å²) in [6, 6.07) is 15.2. The largest absolute Gasteiger partial charge is 0.455 e. The molecule has 1 heterocycles. The fourth-order valence-corrected chi connectivity index (χ4v) is 3.98. The van der Waals surface area contributed by atoms with Crippen LogP contribution in [0.4, 0.5) is 5.69 Å². The summed E-state index contributed by atoms with van der Waals surface area (Å²) < 4.78 is 5.46. The van der Waals surface area contributed by atoms with E-state index in [0.29, 0.717) is 11.6 Å².